The second-order valence-corrected chi connectivity index (χ2v) is 7.32. The molecule has 0 fully saturated rings. The summed E-state index contributed by atoms with van der Waals surface area (Å²) in [4.78, 5) is 39.2. The minimum atomic E-state index is -0.482. The molecule has 1 aliphatic rings. The normalized spacial score (nSPS) is 18.1. The van der Waals surface area contributed by atoms with E-state index in [0.29, 0.717) is 16.3 Å². The van der Waals surface area contributed by atoms with Crippen molar-refractivity contribution < 1.29 is 19.1 Å². The first-order valence-electron chi connectivity index (χ1n) is 9.51. The molecule has 0 aliphatic carbocycles. The summed E-state index contributed by atoms with van der Waals surface area (Å²) in [6, 6.07) is 7.12. The van der Waals surface area contributed by atoms with Crippen LogP contribution in [0.25, 0.3) is 0 Å². The third-order valence-corrected chi connectivity index (χ3v) is 5.13. The average Bonchev–Trinajstić information content (AvgIpc) is 2.64. The number of ether oxygens (including phenoxy) is 1. The number of hydrogen-bond acceptors (Lipinski definition) is 4. The molecule has 0 saturated carbocycles. The SMILES string of the molecule is CCOC(=O)C1=C(C)N(CC(=O)NC(C)CC)C(=O)CC1c1cccc(Cl)c1. The van der Waals surface area contributed by atoms with E-state index in [-0.39, 0.29) is 37.4 Å². The Morgan fingerprint density at radius 2 is 2.07 bits per heavy atom. The first kappa shape index (κ1) is 22.0. The van der Waals surface area contributed by atoms with Gasteiger partial charge in [-0.15, -0.1) is 0 Å². The van der Waals surface area contributed by atoms with Crippen molar-refractivity contribution in [2.45, 2.75) is 52.5 Å². The van der Waals surface area contributed by atoms with E-state index in [4.69, 9.17) is 16.3 Å². The van der Waals surface area contributed by atoms with Crippen molar-refractivity contribution in [1.29, 1.82) is 0 Å². The molecule has 2 amide bonds. The van der Waals surface area contributed by atoms with Crippen molar-refractivity contribution >= 4 is 29.4 Å². The van der Waals surface area contributed by atoms with Crippen molar-refractivity contribution in [3.63, 3.8) is 0 Å². The highest BCUT2D eigenvalue weighted by atomic mass is 35.5. The van der Waals surface area contributed by atoms with Crippen molar-refractivity contribution in [1.82, 2.24) is 10.2 Å². The van der Waals surface area contributed by atoms with Crippen LogP contribution in [0.5, 0.6) is 0 Å². The van der Waals surface area contributed by atoms with Crippen LogP contribution in [0.1, 0.15) is 52.0 Å². The number of benzene rings is 1. The summed E-state index contributed by atoms with van der Waals surface area (Å²) < 4.78 is 5.24. The monoisotopic (exact) mass is 406 g/mol. The van der Waals surface area contributed by atoms with Crippen molar-refractivity contribution in [2.24, 2.45) is 0 Å². The number of nitrogens with one attached hydrogen (secondary N) is 1. The molecule has 1 aromatic rings. The van der Waals surface area contributed by atoms with Crippen LogP contribution in [-0.2, 0) is 19.1 Å². The topological polar surface area (TPSA) is 75.7 Å². The fourth-order valence-corrected chi connectivity index (χ4v) is 3.45. The molecule has 2 unspecified atom stereocenters. The lowest BCUT2D eigenvalue weighted by molar-refractivity contribution is -0.141. The lowest BCUT2D eigenvalue weighted by atomic mass is 9.83. The van der Waals surface area contributed by atoms with Gasteiger partial charge in [-0.1, -0.05) is 30.7 Å². The molecule has 6 nitrogen and oxygen atoms in total. The molecule has 0 spiro atoms. The fraction of sp³-hybridized carbons (Fsp3) is 0.476. The number of amides is 2. The van der Waals surface area contributed by atoms with Gasteiger partial charge in [-0.2, -0.15) is 0 Å². The molecular weight excluding hydrogens is 380 g/mol. The number of nitrogens with zero attached hydrogens (tertiary/aromatic N) is 1. The summed E-state index contributed by atoms with van der Waals surface area (Å²) in [6.45, 7) is 7.37. The van der Waals surface area contributed by atoms with Gasteiger partial charge in [0.05, 0.1) is 12.2 Å². The lowest BCUT2D eigenvalue weighted by Crippen LogP contribution is -2.45. The van der Waals surface area contributed by atoms with Gasteiger partial charge in [-0.3, -0.25) is 9.59 Å². The Morgan fingerprint density at radius 1 is 1.36 bits per heavy atom. The predicted molar refractivity (Wildman–Crippen MR) is 108 cm³/mol. The van der Waals surface area contributed by atoms with E-state index in [1.165, 1.54) is 4.90 Å². The van der Waals surface area contributed by atoms with Crippen LogP contribution < -0.4 is 5.32 Å². The molecular formula is C21H27ClN2O4. The summed E-state index contributed by atoms with van der Waals surface area (Å²) in [5, 5.41) is 3.38. The molecule has 0 radical (unpaired) electrons. The molecule has 1 heterocycles. The maximum Gasteiger partial charge on any atom is 0.336 e. The van der Waals surface area contributed by atoms with E-state index in [9.17, 15) is 14.4 Å². The lowest BCUT2D eigenvalue weighted by Gasteiger charge is -2.34. The molecule has 2 atom stereocenters. The number of esters is 1. The highest BCUT2D eigenvalue weighted by Gasteiger charge is 2.37. The number of carbonyl (C=O) groups excluding carboxylic acids is 3. The van der Waals surface area contributed by atoms with E-state index in [0.717, 1.165) is 12.0 Å². The Hall–Kier alpha value is -2.34. The highest BCUT2D eigenvalue weighted by Crippen LogP contribution is 2.37. The third kappa shape index (κ3) is 5.13. The van der Waals surface area contributed by atoms with E-state index >= 15 is 0 Å². The largest absolute Gasteiger partial charge is 0.463 e. The Bertz CT molecular complexity index is 790. The first-order chi connectivity index (χ1) is 13.3. The van der Waals surface area contributed by atoms with E-state index in [1.54, 1.807) is 32.0 Å². The van der Waals surface area contributed by atoms with Gasteiger partial charge >= 0.3 is 5.97 Å². The molecule has 28 heavy (non-hydrogen) atoms. The molecule has 1 aromatic carbocycles. The minimum absolute atomic E-state index is 0.0143. The first-order valence-corrected chi connectivity index (χ1v) is 9.89. The van der Waals surface area contributed by atoms with Gasteiger partial charge in [-0.25, -0.2) is 4.79 Å². The Kier molecular flexibility index (Phi) is 7.63. The second kappa shape index (κ2) is 9.73. The van der Waals surface area contributed by atoms with Crippen LogP contribution in [0.3, 0.4) is 0 Å². The van der Waals surface area contributed by atoms with Crippen molar-refractivity contribution in [2.75, 3.05) is 13.2 Å². The number of carbonyl (C=O) groups is 3. The maximum absolute atomic E-state index is 12.8. The molecule has 7 heteroatoms. The third-order valence-electron chi connectivity index (χ3n) is 4.89. The van der Waals surface area contributed by atoms with Gasteiger partial charge in [0.25, 0.3) is 0 Å². The zero-order chi connectivity index (χ0) is 20.8. The standard InChI is InChI=1S/C21H27ClN2O4/c1-5-13(3)23-18(25)12-24-14(4)20(21(27)28-6-2)17(11-19(24)26)15-8-7-9-16(22)10-15/h7-10,13,17H,5-6,11-12H2,1-4H3,(H,23,25). The fourth-order valence-electron chi connectivity index (χ4n) is 3.25. The molecule has 0 bridgehead atoms. The van der Waals surface area contributed by atoms with Gasteiger partial charge in [0, 0.05) is 29.1 Å². The number of allylic oxidation sites excluding steroid dienone is 1. The van der Waals surface area contributed by atoms with Crippen LogP contribution in [0, 0.1) is 0 Å². The molecule has 1 N–H and O–H groups in total. The van der Waals surface area contributed by atoms with Gasteiger partial charge in [0.2, 0.25) is 11.8 Å². The summed E-state index contributed by atoms with van der Waals surface area (Å²) in [7, 11) is 0. The predicted octanol–water partition coefficient (Wildman–Crippen LogP) is 3.41. The number of hydrogen-bond donors (Lipinski definition) is 1. The van der Waals surface area contributed by atoms with Gasteiger partial charge in [0.15, 0.2) is 0 Å². The van der Waals surface area contributed by atoms with E-state index < -0.39 is 11.9 Å². The zero-order valence-electron chi connectivity index (χ0n) is 16.8. The van der Waals surface area contributed by atoms with E-state index in [1.807, 2.05) is 19.9 Å². The van der Waals surface area contributed by atoms with Gasteiger partial charge in [0.1, 0.15) is 6.54 Å². The molecule has 1 aliphatic heterocycles. The number of rotatable bonds is 7. The van der Waals surface area contributed by atoms with Crippen molar-refractivity contribution in [3.05, 3.63) is 46.1 Å². The average molecular weight is 407 g/mol. The Morgan fingerprint density at radius 3 is 2.68 bits per heavy atom. The summed E-state index contributed by atoms with van der Waals surface area (Å²) in [5.41, 5.74) is 1.60. The molecule has 0 aromatic heterocycles. The smallest absolute Gasteiger partial charge is 0.336 e. The molecule has 0 saturated heterocycles. The quantitative estimate of drug-likeness (QED) is 0.704. The summed E-state index contributed by atoms with van der Waals surface area (Å²) >= 11 is 6.10. The van der Waals surface area contributed by atoms with Crippen LogP contribution in [0.2, 0.25) is 5.02 Å². The highest BCUT2D eigenvalue weighted by molar-refractivity contribution is 6.30. The second-order valence-electron chi connectivity index (χ2n) is 6.89. The van der Waals surface area contributed by atoms with Crippen molar-refractivity contribution in [3.8, 4) is 0 Å². The van der Waals surface area contributed by atoms with Crippen LogP contribution >= 0.6 is 11.6 Å². The minimum Gasteiger partial charge on any atom is -0.463 e. The van der Waals surface area contributed by atoms with Crippen LogP contribution in [-0.4, -0.2) is 41.9 Å². The molecule has 152 valence electrons. The van der Waals surface area contributed by atoms with Gasteiger partial charge < -0.3 is 15.0 Å². The zero-order valence-corrected chi connectivity index (χ0v) is 17.5. The summed E-state index contributed by atoms with van der Waals surface area (Å²) in [6.07, 6.45) is 0.863. The van der Waals surface area contributed by atoms with Crippen LogP contribution in [0.15, 0.2) is 35.5 Å². The number of halogens is 1. The Balaban J connectivity index is 2.40. The van der Waals surface area contributed by atoms with Gasteiger partial charge in [-0.05, 0) is 44.9 Å². The van der Waals surface area contributed by atoms with Crippen LogP contribution in [0.4, 0.5) is 0 Å². The maximum atomic E-state index is 12.8. The Labute approximate surface area is 170 Å². The summed E-state index contributed by atoms with van der Waals surface area (Å²) in [5.74, 6) is -1.41. The van der Waals surface area contributed by atoms with E-state index in [2.05, 4.69) is 5.32 Å². The molecule has 2 rings (SSSR count).